The fourth-order valence-electron chi connectivity index (χ4n) is 15.3. The van der Waals surface area contributed by atoms with Gasteiger partial charge in [-0.05, 0) is 93.5 Å². The molecular formula is C88H123N23O25S3. The van der Waals surface area contributed by atoms with Crippen molar-refractivity contribution in [1.82, 2.24) is 101 Å². The molecule has 5 fully saturated rings. The summed E-state index contributed by atoms with van der Waals surface area (Å²) in [5.74, 6) is -32.7. The molecule has 8 rings (SSSR count). The van der Waals surface area contributed by atoms with Crippen molar-refractivity contribution in [3.05, 3.63) is 108 Å². The molecule has 0 radical (unpaired) electrons. The zero-order valence-electron chi connectivity index (χ0n) is 76.7. The number of amides is 20. The van der Waals surface area contributed by atoms with Gasteiger partial charge in [0.2, 0.25) is 118 Å². The third kappa shape index (κ3) is 35.4. The predicted molar refractivity (Wildman–Crippen MR) is 503 cm³/mol. The molecule has 5 heterocycles. The fourth-order valence-corrected chi connectivity index (χ4v) is 18.5. The van der Waals surface area contributed by atoms with E-state index in [1.807, 2.05) is 10.6 Å². The van der Waals surface area contributed by atoms with E-state index in [4.69, 9.17) is 22.9 Å². The number of aliphatic hydroxyl groups excluding tert-OH is 1. The van der Waals surface area contributed by atoms with Gasteiger partial charge in [0.1, 0.15) is 96.7 Å². The number of carbonyl (C=O) groups excluding carboxylic acids is 20. The Bertz CT molecular complexity index is 4900. The number of carbonyl (C=O) groups is 22. The number of aliphatic carboxylic acids is 2. The minimum atomic E-state index is -2.98. The number of carboxylic acids is 2. The molecule has 0 spiro atoms. The van der Waals surface area contributed by atoms with Gasteiger partial charge in [-0.15, -0.1) is 0 Å². The molecule has 3 aromatic carbocycles. The summed E-state index contributed by atoms with van der Waals surface area (Å²) in [5.41, 5.74) is 24.9. The highest BCUT2D eigenvalue weighted by Crippen LogP contribution is 2.24. The monoisotopic (exact) mass is 2000 g/mol. The molecule has 139 heavy (non-hydrogen) atoms. The Hall–Kier alpha value is -13.1. The lowest BCUT2D eigenvalue weighted by atomic mass is 10.00. The maximum absolute atomic E-state index is 16.1. The van der Waals surface area contributed by atoms with E-state index in [1.165, 1.54) is 25.7 Å². The average molecular weight is 2000 g/mol. The van der Waals surface area contributed by atoms with E-state index in [0.29, 0.717) is 52.0 Å². The number of fused-ring (bicyclic) bond motifs is 22. The van der Waals surface area contributed by atoms with Gasteiger partial charge in [0, 0.05) is 72.8 Å². The van der Waals surface area contributed by atoms with Crippen LogP contribution in [0.1, 0.15) is 108 Å². The van der Waals surface area contributed by atoms with Crippen molar-refractivity contribution in [3.63, 3.8) is 0 Å². The highest BCUT2D eigenvalue weighted by atomic mass is 32.2. The van der Waals surface area contributed by atoms with Crippen molar-refractivity contribution in [3.8, 4) is 0 Å². The minimum Gasteiger partial charge on any atom is -0.480 e. The largest absolute Gasteiger partial charge is 0.480 e. The number of hydrogen-bond donors (Lipinski definition) is 25. The van der Waals surface area contributed by atoms with Gasteiger partial charge >= 0.3 is 11.9 Å². The average Bonchev–Trinajstić information content (AvgIpc) is 1.09. The van der Waals surface area contributed by atoms with Crippen LogP contribution >= 0.6 is 35.3 Å². The molecule has 20 amide bonds. The topological polar surface area (TPSA) is 760 Å². The third-order valence-corrected chi connectivity index (χ3v) is 26.7. The third-order valence-electron chi connectivity index (χ3n) is 23.1. The number of rotatable bonds is 19. The number of nitrogens with zero attached hydrogens (tertiary/aromatic N) is 1. The molecule has 5 aliphatic rings. The van der Waals surface area contributed by atoms with Crippen molar-refractivity contribution in [2.24, 2.45) is 28.9 Å². The van der Waals surface area contributed by atoms with Gasteiger partial charge in [0.25, 0.3) is 0 Å². The minimum absolute atomic E-state index is 0.0208. The van der Waals surface area contributed by atoms with Crippen LogP contribution in [0.2, 0.25) is 0 Å². The van der Waals surface area contributed by atoms with Gasteiger partial charge in [-0.25, -0.2) is 9.59 Å². The number of unbranched alkanes of at least 4 members (excludes halogenated alkanes) is 1. The first kappa shape index (κ1) is 111. The Balaban J connectivity index is 1.41. The zero-order valence-corrected chi connectivity index (χ0v) is 79.1. The molecule has 5 saturated heterocycles. The van der Waals surface area contributed by atoms with Crippen LogP contribution in [0.4, 0.5) is 0 Å². The number of nitrogens with one attached hydrogen (secondary N) is 18. The lowest BCUT2D eigenvalue weighted by molar-refractivity contribution is -0.152. The molecule has 758 valence electrons. The van der Waals surface area contributed by atoms with E-state index >= 15 is 43.2 Å². The SMILES string of the molecule is CC(C)C1NC(=O)C(Cc2ccccc2)NC(=O)C2NC(=O)C(Cc3ccccc3)NC(=O)C3CCCN3C(=O)CNC(=O)C(Cc3ccccc3)NC(=O)C3CNCCCCC(C(=O)O)NC(=O)C4CSCC(N)C(=O)NC(CCCCN)C(=O)NC(CCC(N)=O)C(=O)NC(CSCC(NC1=O)C(=O)NC(C(O)C(=O)O)C(=O)NCC(=O)NC(CC(N)=O)C(=O)N4)C(=O)NC(CSC2C)C(=O)N3. The van der Waals surface area contributed by atoms with Crippen molar-refractivity contribution in [1.29, 1.82) is 0 Å². The van der Waals surface area contributed by atoms with E-state index in [-0.39, 0.29) is 77.4 Å². The second-order valence-corrected chi connectivity index (χ2v) is 37.8. The van der Waals surface area contributed by atoms with E-state index in [9.17, 15) is 77.6 Å². The molecule has 5 aliphatic heterocycles. The smallest absolute Gasteiger partial charge is 0.335 e. The number of benzene rings is 3. The Labute approximate surface area is 811 Å². The number of thioether (sulfide) groups is 3. The maximum Gasteiger partial charge on any atom is 0.335 e. The molecule has 0 aromatic heterocycles. The summed E-state index contributed by atoms with van der Waals surface area (Å²) in [6.07, 6.45) is -6.62. The Kier molecular flexibility index (Phi) is 44.4. The van der Waals surface area contributed by atoms with Crippen molar-refractivity contribution >= 4 is 165 Å². The summed E-state index contributed by atoms with van der Waals surface area (Å²) in [6, 6.07) is -7.82. The summed E-state index contributed by atoms with van der Waals surface area (Å²) < 4.78 is 0. The summed E-state index contributed by atoms with van der Waals surface area (Å²) in [4.78, 5) is 325. The van der Waals surface area contributed by atoms with E-state index < -0.39 is 331 Å². The number of hydrogen-bond acceptors (Lipinski definition) is 29. The van der Waals surface area contributed by atoms with Crippen LogP contribution in [-0.2, 0) is 125 Å². The first-order chi connectivity index (χ1) is 66.2. The Morgan fingerprint density at radius 1 is 0.439 bits per heavy atom. The van der Waals surface area contributed by atoms with Gasteiger partial charge in [0.15, 0.2) is 6.10 Å². The normalized spacial score (nSPS) is 27.9. The molecule has 0 aliphatic carbocycles. The number of aliphatic hydroxyl groups is 1. The predicted octanol–water partition coefficient (Wildman–Crippen LogP) is -9.60. The lowest BCUT2D eigenvalue weighted by Crippen LogP contribution is -2.64. The zero-order chi connectivity index (χ0) is 102. The molecule has 3 aromatic rings. The van der Waals surface area contributed by atoms with Crippen LogP contribution in [0, 0.1) is 5.92 Å². The Morgan fingerprint density at radius 2 is 0.899 bits per heavy atom. The molecule has 29 N–H and O–H groups in total. The second kappa shape index (κ2) is 55.5. The maximum atomic E-state index is 16.1. The summed E-state index contributed by atoms with van der Waals surface area (Å²) >= 11 is 1.85. The highest BCUT2D eigenvalue weighted by Gasteiger charge is 2.45. The van der Waals surface area contributed by atoms with Crippen molar-refractivity contribution in [2.45, 2.75) is 225 Å². The summed E-state index contributed by atoms with van der Waals surface area (Å²) in [5, 5.41) is 76.1. The van der Waals surface area contributed by atoms with E-state index in [0.717, 1.165) is 0 Å². The molecule has 0 saturated carbocycles. The van der Waals surface area contributed by atoms with Crippen LogP contribution in [0.3, 0.4) is 0 Å². The standard InChI is InChI=1S/C88H123N23O25S3/c1-44(2)67-85(131)107-60-42-138-41-59-80(126)106-61-43-139-45(3)68(86(132)102-55(76(122)108-67)34-48-22-11-6-12-23-48)109-77(123)54(33-47-20-9-5-10-21-47)101-83(129)62-26-17-31-111(62)66(115)38-95-72(118)53(32-46-18-7-4-8-19-46)100-78(124)57(103-81(61)127)36-93-30-16-14-25-52(87(133)134)99-79(125)58(105-75(121)56(35-64(92)113)96-65(114)37-94-84(130)69(110-82(60)128)70(116)88(135)136)40-137-39-49(90)71(117)97-50(24-13-15-29-89)73(119)98-51(74(120)104-59)27-28-63(91)112/h4-12,18-23,44-45,49-62,67-70,93,116H,13-17,24-43,89-90H2,1-3H3,(H2,91,112)(H2,92,113)(H,94,130)(H,95,118)(H,96,114)(H,97,117)(H,98,119)(H,99,125)(H,100,124)(H,101,129)(H,102,132)(H,103,127)(H,104,120)(H,105,121)(H,106,126)(H,107,131)(H,108,122)(H,109,123)(H,110,128)(H,133,134)(H,135,136). The first-order valence-electron chi connectivity index (χ1n) is 45.3. The second-order valence-electron chi connectivity index (χ2n) is 34.2. The van der Waals surface area contributed by atoms with Crippen LogP contribution in [-0.4, -0.2) is 332 Å². The quantitative estimate of drug-likeness (QED) is 0.0391. The van der Waals surface area contributed by atoms with E-state index in [2.05, 4.69) is 85.1 Å². The number of primary amides is 2. The molecular weight excluding hydrogens is 1880 g/mol. The van der Waals surface area contributed by atoms with Crippen LogP contribution in [0.5, 0.6) is 0 Å². The number of nitrogens with two attached hydrogens (primary N) is 4. The lowest BCUT2D eigenvalue weighted by Gasteiger charge is -2.32. The summed E-state index contributed by atoms with van der Waals surface area (Å²) in [7, 11) is 0. The van der Waals surface area contributed by atoms with Crippen LogP contribution in [0.15, 0.2) is 91.0 Å². The Morgan fingerprint density at radius 3 is 1.46 bits per heavy atom. The van der Waals surface area contributed by atoms with Gasteiger partial charge in [-0.2, -0.15) is 35.3 Å². The molecule has 51 heteroatoms. The molecule has 48 nitrogen and oxygen atoms in total. The van der Waals surface area contributed by atoms with Gasteiger partial charge in [0.05, 0.1) is 25.6 Å². The summed E-state index contributed by atoms with van der Waals surface area (Å²) in [6.45, 7) is 1.40. The number of carboxylic acid groups (broad SMARTS) is 2. The highest BCUT2D eigenvalue weighted by molar-refractivity contribution is 8.00. The first-order valence-corrected chi connectivity index (χ1v) is 48.7. The van der Waals surface area contributed by atoms with Crippen molar-refractivity contribution < 1.29 is 121 Å². The molecule has 19 atom stereocenters. The van der Waals surface area contributed by atoms with E-state index in [1.54, 1.807) is 91.0 Å². The molecule has 19 unspecified atom stereocenters. The molecule has 6 bridgehead atoms. The van der Waals surface area contributed by atoms with Gasteiger partial charge < -0.3 is 139 Å². The van der Waals surface area contributed by atoms with Gasteiger partial charge in [-0.3, -0.25) is 95.9 Å². The van der Waals surface area contributed by atoms with Crippen molar-refractivity contribution in [2.75, 3.05) is 68.0 Å². The van der Waals surface area contributed by atoms with Crippen LogP contribution < -0.4 is 119 Å². The van der Waals surface area contributed by atoms with Crippen LogP contribution in [0.25, 0.3) is 0 Å². The van der Waals surface area contributed by atoms with Gasteiger partial charge in [-0.1, -0.05) is 112 Å². The fraction of sp³-hybridized carbons (Fsp3) is 0.545.